The van der Waals surface area contributed by atoms with Crippen LogP contribution in [-0.2, 0) is 0 Å². The maximum Gasteiger partial charge on any atom is 0.146 e. The molecular formula is C38H25Br3N2O2. The first-order valence-corrected chi connectivity index (χ1v) is 16.4. The molecule has 0 bridgehead atoms. The average molecular weight is 781 g/mol. The van der Waals surface area contributed by atoms with Crippen molar-refractivity contribution in [3.8, 4) is 17.2 Å². The van der Waals surface area contributed by atoms with E-state index >= 15 is 0 Å². The van der Waals surface area contributed by atoms with Crippen molar-refractivity contribution in [1.82, 2.24) is 9.97 Å². The Labute approximate surface area is 285 Å². The summed E-state index contributed by atoms with van der Waals surface area (Å²) in [6, 6.07) is 43.9. The molecule has 6 aromatic carbocycles. The number of aromatic nitrogens is 2. The molecule has 0 spiro atoms. The van der Waals surface area contributed by atoms with Gasteiger partial charge < -0.3 is 9.84 Å². The van der Waals surface area contributed by atoms with Crippen LogP contribution in [0.2, 0.25) is 0 Å². The van der Waals surface area contributed by atoms with Gasteiger partial charge in [0.1, 0.15) is 17.2 Å². The average Bonchev–Trinajstić information content (AvgIpc) is 3.06. The Hall–Kier alpha value is -4.30. The summed E-state index contributed by atoms with van der Waals surface area (Å²) in [5.41, 5.74) is 1.87. The maximum absolute atomic E-state index is 9.07. The third kappa shape index (κ3) is 7.34. The Morgan fingerprint density at radius 2 is 0.933 bits per heavy atom. The molecule has 0 aliphatic heterocycles. The first kappa shape index (κ1) is 30.7. The van der Waals surface area contributed by atoms with Gasteiger partial charge in [0.2, 0.25) is 0 Å². The first-order chi connectivity index (χ1) is 22.0. The number of rotatable bonds is 2. The number of hydrogen-bond donors (Lipinski definition) is 1. The van der Waals surface area contributed by atoms with Crippen LogP contribution in [-0.4, -0.2) is 15.1 Å². The quantitative estimate of drug-likeness (QED) is 0.190. The predicted molar refractivity (Wildman–Crippen MR) is 196 cm³/mol. The Balaban J connectivity index is 0.000000131. The Morgan fingerprint density at radius 1 is 0.467 bits per heavy atom. The van der Waals surface area contributed by atoms with E-state index in [1.807, 2.05) is 103 Å². The molecule has 220 valence electrons. The number of ether oxygens (including phenoxy) is 1. The lowest BCUT2D eigenvalue weighted by Gasteiger charge is -2.10. The fourth-order valence-electron chi connectivity index (χ4n) is 4.89. The van der Waals surface area contributed by atoms with Gasteiger partial charge in [0.05, 0.1) is 23.4 Å². The first-order valence-electron chi connectivity index (χ1n) is 14.0. The van der Waals surface area contributed by atoms with Crippen molar-refractivity contribution in [1.29, 1.82) is 0 Å². The monoisotopic (exact) mass is 778 g/mol. The van der Waals surface area contributed by atoms with E-state index < -0.39 is 0 Å². The van der Waals surface area contributed by atoms with Crippen LogP contribution in [0.15, 0.2) is 159 Å². The van der Waals surface area contributed by atoms with E-state index in [0.717, 1.165) is 57.5 Å². The molecule has 1 N–H and O–H groups in total. The van der Waals surface area contributed by atoms with Gasteiger partial charge >= 0.3 is 0 Å². The Morgan fingerprint density at radius 3 is 1.53 bits per heavy atom. The van der Waals surface area contributed by atoms with Crippen molar-refractivity contribution >= 4 is 91.1 Å². The second-order valence-corrected chi connectivity index (χ2v) is 12.6. The molecule has 0 fully saturated rings. The van der Waals surface area contributed by atoms with Gasteiger partial charge in [0, 0.05) is 35.0 Å². The molecule has 0 aliphatic carbocycles. The molecule has 2 aromatic heterocycles. The van der Waals surface area contributed by atoms with Crippen molar-refractivity contribution in [3.63, 3.8) is 0 Å². The van der Waals surface area contributed by atoms with Crippen LogP contribution in [0.1, 0.15) is 0 Å². The fourth-order valence-corrected chi connectivity index (χ4v) is 6.92. The van der Waals surface area contributed by atoms with Crippen LogP contribution in [0.25, 0.3) is 43.4 Å². The van der Waals surface area contributed by atoms with Crippen molar-refractivity contribution in [2.45, 2.75) is 0 Å². The minimum absolute atomic E-state index is 0.212. The zero-order valence-electron chi connectivity index (χ0n) is 23.7. The number of halogens is 3. The Kier molecular flexibility index (Phi) is 9.69. The lowest BCUT2D eigenvalue weighted by molar-refractivity contribution is 0.474. The number of fused-ring (bicyclic) bond motifs is 4. The van der Waals surface area contributed by atoms with Crippen molar-refractivity contribution < 1.29 is 9.84 Å². The van der Waals surface area contributed by atoms with E-state index in [4.69, 9.17) is 9.84 Å². The molecule has 8 aromatic rings. The maximum atomic E-state index is 9.07. The summed E-state index contributed by atoms with van der Waals surface area (Å²) >= 11 is 10.6. The standard InChI is InChI=1S/C19H12BrNO.C10H6Br2.C9H7NO/c20-16-8-3-6-13-7-4-10-18(19(13)16)22-15-11-14-5-1-2-9-17(14)21-12-15;11-8-5-1-3-7-4-2-6-9(12)10(7)8;11-8-5-7-3-1-2-4-9(7)10-6-8/h1-12H;1-6H;1-6,11H. The summed E-state index contributed by atoms with van der Waals surface area (Å²) < 4.78 is 9.37. The Bertz CT molecular complexity index is 2230. The van der Waals surface area contributed by atoms with Crippen molar-refractivity contribution in [2.75, 3.05) is 0 Å². The van der Waals surface area contributed by atoms with E-state index in [9.17, 15) is 0 Å². The van der Waals surface area contributed by atoms with E-state index in [1.54, 1.807) is 12.3 Å². The number of nitrogens with zero attached hydrogens (tertiary/aromatic N) is 2. The highest BCUT2D eigenvalue weighted by atomic mass is 79.9. The number of aromatic hydroxyl groups is 1. The van der Waals surface area contributed by atoms with Crippen molar-refractivity contribution in [2.24, 2.45) is 0 Å². The second-order valence-electron chi connectivity index (χ2n) is 10.0. The predicted octanol–water partition coefficient (Wildman–Crippen LogP) is 12.2. The molecule has 2 heterocycles. The smallest absolute Gasteiger partial charge is 0.146 e. The molecular weight excluding hydrogens is 756 g/mol. The molecule has 4 nitrogen and oxygen atoms in total. The minimum Gasteiger partial charge on any atom is -0.506 e. The summed E-state index contributed by atoms with van der Waals surface area (Å²) in [5, 5.41) is 15.8. The molecule has 0 amide bonds. The zero-order valence-corrected chi connectivity index (χ0v) is 28.5. The third-order valence-corrected chi connectivity index (χ3v) is 8.97. The SMILES string of the molecule is Brc1cccc2cccc(Br)c12.Brc1cccc2cccc(Oc3cnc4ccccc4c3)c12.Oc1cnc2ccccc2c1. The highest BCUT2D eigenvalue weighted by Crippen LogP contribution is 2.35. The van der Waals surface area contributed by atoms with Gasteiger partial charge in [-0.05, 0) is 59.3 Å². The molecule has 0 atom stereocenters. The number of para-hydroxylation sites is 2. The molecule has 0 saturated heterocycles. The summed E-state index contributed by atoms with van der Waals surface area (Å²) in [7, 11) is 0. The molecule has 7 heteroatoms. The highest BCUT2D eigenvalue weighted by molar-refractivity contribution is 9.11. The van der Waals surface area contributed by atoms with Crippen LogP contribution in [0.5, 0.6) is 17.2 Å². The molecule has 0 saturated carbocycles. The zero-order chi connectivity index (χ0) is 31.2. The second kappa shape index (κ2) is 14.2. The summed E-state index contributed by atoms with van der Waals surface area (Å²) in [4.78, 5) is 8.47. The van der Waals surface area contributed by atoms with E-state index in [2.05, 4.69) is 82.0 Å². The van der Waals surface area contributed by atoms with Crippen LogP contribution in [0, 0.1) is 0 Å². The van der Waals surface area contributed by atoms with Gasteiger partial charge in [-0.3, -0.25) is 9.97 Å². The van der Waals surface area contributed by atoms with Gasteiger partial charge in [-0.1, -0.05) is 133 Å². The lowest BCUT2D eigenvalue weighted by Crippen LogP contribution is -1.88. The largest absolute Gasteiger partial charge is 0.506 e. The van der Waals surface area contributed by atoms with Gasteiger partial charge in [-0.25, -0.2) is 0 Å². The van der Waals surface area contributed by atoms with Gasteiger partial charge in [0.25, 0.3) is 0 Å². The van der Waals surface area contributed by atoms with Crippen LogP contribution >= 0.6 is 47.8 Å². The van der Waals surface area contributed by atoms with Crippen LogP contribution in [0.4, 0.5) is 0 Å². The fraction of sp³-hybridized carbons (Fsp3) is 0. The van der Waals surface area contributed by atoms with Gasteiger partial charge in [-0.2, -0.15) is 0 Å². The molecule has 8 rings (SSSR count). The topological polar surface area (TPSA) is 55.2 Å². The highest BCUT2D eigenvalue weighted by Gasteiger charge is 2.08. The van der Waals surface area contributed by atoms with Gasteiger partial charge in [0.15, 0.2) is 0 Å². The van der Waals surface area contributed by atoms with Crippen LogP contribution < -0.4 is 4.74 Å². The van der Waals surface area contributed by atoms with Crippen LogP contribution in [0.3, 0.4) is 0 Å². The molecule has 0 aliphatic rings. The summed E-state index contributed by atoms with van der Waals surface area (Å²) in [6.07, 6.45) is 3.21. The van der Waals surface area contributed by atoms with E-state index in [1.165, 1.54) is 17.0 Å². The van der Waals surface area contributed by atoms with Crippen molar-refractivity contribution in [3.05, 3.63) is 159 Å². The summed E-state index contributed by atoms with van der Waals surface area (Å²) in [5.74, 6) is 1.77. The molecule has 0 unspecified atom stereocenters. The normalized spacial score (nSPS) is 10.6. The molecule has 0 radical (unpaired) electrons. The van der Waals surface area contributed by atoms with E-state index in [-0.39, 0.29) is 5.75 Å². The molecule has 45 heavy (non-hydrogen) atoms. The lowest BCUT2D eigenvalue weighted by atomic mass is 10.1. The van der Waals surface area contributed by atoms with E-state index in [0.29, 0.717) is 0 Å². The van der Waals surface area contributed by atoms with Gasteiger partial charge in [-0.15, -0.1) is 0 Å². The number of pyridine rings is 2. The summed E-state index contributed by atoms with van der Waals surface area (Å²) in [6.45, 7) is 0. The number of benzene rings is 6. The minimum atomic E-state index is 0.212. The number of hydrogen-bond acceptors (Lipinski definition) is 4. The third-order valence-electron chi connectivity index (χ3n) is 6.99.